The van der Waals surface area contributed by atoms with E-state index in [0.717, 1.165) is 33.8 Å². The van der Waals surface area contributed by atoms with Gasteiger partial charge in [-0.1, -0.05) is 24.3 Å². The molecule has 140 valence electrons. The number of carbonyl (C=O) groups is 1. The van der Waals surface area contributed by atoms with Crippen LogP contribution in [0.25, 0.3) is 16.9 Å². The van der Waals surface area contributed by atoms with Crippen molar-refractivity contribution in [3.63, 3.8) is 0 Å². The van der Waals surface area contributed by atoms with Crippen molar-refractivity contribution in [3.05, 3.63) is 84.2 Å². The van der Waals surface area contributed by atoms with Crippen molar-refractivity contribution in [1.29, 1.82) is 0 Å². The standard InChI is InChI=1S/C23H22N4O/c1-16-7-6-12-27-15-21(25-22(16)27)17-8-4-10-19(13-17)24-23(28)18-9-5-11-20(14-18)26(2)3/h4-15H,1-3H3,(H,24,28). The molecule has 0 radical (unpaired) electrons. The molecule has 1 amide bonds. The number of hydrogen-bond acceptors (Lipinski definition) is 3. The van der Waals surface area contributed by atoms with Crippen LogP contribution in [0, 0.1) is 6.92 Å². The first kappa shape index (κ1) is 17.8. The number of carbonyl (C=O) groups excluding carboxylic acids is 1. The summed E-state index contributed by atoms with van der Waals surface area (Å²) < 4.78 is 2.02. The van der Waals surface area contributed by atoms with Gasteiger partial charge in [0.1, 0.15) is 5.65 Å². The lowest BCUT2D eigenvalue weighted by atomic mass is 10.1. The number of imidazole rings is 1. The van der Waals surface area contributed by atoms with Crippen LogP contribution in [0.5, 0.6) is 0 Å². The zero-order valence-corrected chi connectivity index (χ0v) is 16.2. The molecular formula is C23H22N4O. The number of aryl methyl sites for hydroxylation is 1. The summed E-state index contributed by atoms with van der Waals surface area (Å²) in [6.07, 6.45) is 3.99. The summed E-state index contributed by atoms with van der Waals surface area (Å²) in [6.45, 7) is 2.05. The third-order valence-corrected chi connectivity index (χ3v) is 4.72. The normalized spacial score (nSPS) is 10.8. The highest BCUT2D eigenvalue weighted by atomic mass is 16.1. The molecule has 2 aromatic heterocycles. The summed E-state index contributed by atoms with van der Waals surface area (Å²) >= 11 is 0. The Balaban J connectivity index is 1.61. The van der Waals surface area contributed by atoms with Crippen molar-refractivity contribution >= 4 is 22.9 Å². The summed E-state index contributed by atoms with van der Waals surface area (Å²) in [7, 11) is 3.91. The minimum atomic E-state index is -0.133. The summed E-state index contributed by atoms with van der Waals surface area (Å²) in [5, 5.41) is 2.99. The van der Waals surface area contributed by atoms with Gasteiger partial charge in [-0.25, -0.2) is 4.98 Å². The topological polar surface area (TPSA) is 49.6 Å². The molecule has 0 spiro atoms. The van der Waals surface area contributed by atoms with Crippen LogP contribution >= 0.6 is 0 Å². The summed E-state index contributed by atoms with van der Waals surface area (Å²) in [5.74, 6) is -0.133. The molecule has 0 saturated heterocycles. The van der Waals surface area contributed by atoms with E-state index in [1.807, 2.05) is 103 Å². The largest absolute Gasteiger partial charge is 0.378 e. The number of rotatable bonds is 4. The molecule has 28 heavy (non-hydrogen) atoms. The molecule has 0 bridgehead atoms. The molecule has 0 aliphatic carbocycles. The Hall–Kier alpha value is -3.60. The first-order chi connectivity index (χ1) is 13.5. The number of pyridine rings is 1. The van der Waals surface area contributed by atoms with Gasteiger partial charge >= 0.3 is 0 Å². The van der Waals surface area contributed by atoms with Crippen LogP contribution in [-0.2, 0) is 0 Å². The van der Waals surface area contributed by atoms with Crippen LogP contribution in [0.3, 0.4) is 0 Å². The summed E-state index contributed by atoms with van der Waals surface area (Å²) in [5.41, 5.74) is 6.25. The van der Waals surface area contributed by atoms with Gasteiger partial charge in [0.2, 0.25) is 0 Å². The average Bonchev–Trinajstić information content (AvgIpc) is 3.14. The number of fused-ring (bicyclic) bond motifs is 1. The first-order valence-electron chi connectivity index (χ1n) is 9.15. The van der Waals surface area contributed by atoms with Crippen molar-refractivity contribution in [2.75, 3.05) is 24.3 Å². The number of nitrogens with one attached hydrogen (secondary N) is 1. The smallest absolute Gasteiger partial charge is 0.255 e. The van der Waals surface area contributed by atoms with E-state index in [4.69, 9.17) is 4.98 Å². The highest BCUT2D eigenvalue weighted by Gasteiger charge is 2.10. The van der Waals surface area contributed by atoms with E-state index in [0.29, 0.717) is 5.56 Å². The Kier molecular flexibility index (Phi) is 4.57. The minimum absolute atomic E-state index is 0.133. The predicted octanol–water partition coefficient (Wildman–Crippen LogP) is 4.63. The third-order valence-electron chi connectivity index (χ3n) is 4.72. The Bertz CT molecular complexity index is 1160. The molecule has 0 fully saturated rings. The number of anilines is 2. The maximum atomic E-state index is 12.7. The maximum Gasteiger partial charge on any atom is 0.255 e. The van der Waals surface area contributed by atoms with E-state index in [9.17, 15) is 4.79 Å². The fourth-order valence-electron chi connectivity index (χ4n) is 3.18. The second-order valence-electron chi connectivity index (χ2n) is 7.03. The van der Waals surface area contributed by atoms with Crippen molar-refractivity contribution in [2.45, 2.75) is 6.92 Å². The van der Waals surface area contributed by atoms with E-state index in [1.165, 1.54) is 0 Å². The van der Waals surface area contributed by atoms with Crippen LogP contribution in [-0.4, -0.2) is 29.4 Å². The highest BCUT2D eigenvalue weighted by molar-refractivity contribution is 6.05. The van der Waals surface area contributed by atoms with Crippen LogP contribution in [0.2, 0.25) is 0 Å². The average molecular weight is 370 g/mol. The molecule has 0 atom stereocenters. The fraction of sp³-hybridized carbons (Fsp3) is 0.130. The van der Waals surface area contributed by atoms with E-state index >= 15 is 0 Å². The molecule has 0 aliphatic heterocycles. The van der Waals surface area contributed by atoms with Gasteiger partial charge in [-0.05, 0) is 48.9 Å². The zero-order valence-electron chi connectivity index (χ0n) is 16.2. The quantitative estimate of drug-likeness (QED) is 0.570. The van der Waals surface area contributed by atoms with Crippen molar-refractivity contribution in [3.8, 4) is 11.3 Å². The van der Waals surface area contributed by atoms with Gasteiger partial charge in [0.15, 0.2) is 0 Å². The Labute approximate surface area is 164 Å². The Morgan fingerprint density at radius 2 is 1.86 bits per heavy atom. The SMILES string of the molecule is Cc1cccn2cc(-c3cccc(NC(=O)c4cccc(N(C)C)c4)c3)nc12. The molecule has 2 heterocycles. The number of nitrogens with zero attached hydrogens (tertiary/aromatic N) is 3. The van der Waals surface area contributed by atoms with Gasteiger partial charge in [0, 0.05) is 49.0 Å². The van der Waals surface area contributed by atoms with Crippen molar-refractivity contribution in [2.24, 2.45) is 0 Å². The van der Waals surface area contributed by atoms with Crippen LogP contribution in [0.4, 0.5) is 11.4 Å². The van der Waals surface area contributed by atoms with Gasteiger partial charge in [0.05, 0.1) is 5.69 Å². The number of hydrogen-bond donors (Lipinski definition) is 1. The number of aromatic nitrogens is 2. The zero-order chi connectivity index (χ0) is 19.7. The van der Waals surface area contributed by atoms with Crippen molar-refractivity contribution in [1.82, 2.24) is 9.38 Å². The molecule has 0 unspecified atom stereocenters. The molecule has 4 aromatic rings. The predicted molar refractivity (Wildman–Crippen MR) is 114 cm³/mol. The second kappa shape index (κ2) is 7.19. The fourth-order valence-corrected chi connectivity index (χ4v) is 3.18. The highest BCUT2D eigenvalue weighted by Crippen LogP contribution is 2.24. The maximum absolute atomic E-state index is 12.7. The lowest BCUT2D eigenvalue weighted by Gasteiger charge is -2.13. The summed E-state index contributed by atoms with van der Waals surface area (Å²) in [6, 6.07) is 19.4. The monoisotopic (exact) mass is 370 g/mol. The molecule has 0 saturated carbocycles. The molecular weight excluding hydrogens is 348 g/mol. The minimum Gasteiger partial charge on any atom is -0.378 e. The molecule has 5 heteroatoms. The lowest BCUT2D eigenvalue weighted by Crippen LogP contribution is -2.14. The van der Waals surface area contributed by atoms with Gasteiger partial charge in [0.25, 0.3) is 5.91 Å². The van der Waals surface area contributed by atoms with Gasteiger partial charge in [-0.15, -0.1) is 0 Å². The van der Waals surface area contributed by atoms with E-state index in [2.05, 4.69) is 5.32 Å². The lowest BCUT2D eigenvalue weighted by molar-refractivity contribution is 0.102. The van der Waals surface area contributed by atoms with E-state index in [1.54, 1.807) is 0 Å². The van der Waals surface area contributed by atoms with E-state index < -0.39 is 0 Å². The van der Waals surface area contributed by atoms with Crippen LogP contribution in [0.1, 0.15) is 15.9 Å². The molecule has 0 aliphatic rings. The molecule has 2 aromatic carbocycles. The molecule has 5 nitrogen and oxygen atoms in total. The molecule has 4 rings (SSSR count). The Morgan fingerprint density at radius 1 is 1.04 bits per heavy atom. The van der Waals surface area contributed by atoms with Crippen LogP contribution < -0.4 is 10.2 Å². The van der Waals surface area contributed by atoms with Crippen molar-refractivity contribution < 1.29 is 4.79 Å². The van der Waals surface area contributed by atoms with Crippen LogP contribution in [0.15, 0.2) is 73.1 Å². The number of amides is 1. The second-order valence-corrected chi connectivity index (χ2v) is 7.03. The third kappa shape index (κ3) is 3.47. The summed E-state index contributed by atoms with van der Waals surface area (Å²) in [4.78, 5) is 19.4. The van der Waals surface area contributed by atoms with E-state index in [-0.39, 0.29) is 5.91 Å². The Morgan fingerprint density at radius 3 is 2.64 bits per heavy atom. The molecule has 1 N–H and O–H groups in total. The van der Waals surface area contributed by atoms with Gasteiger partial charge in [-0.2, -0.15) is 0 Å². The number of benzene rings is 2. The van der Waals surface area contributed by atoms with Gasteiger partial charge in [-0.3, -0.25) is 4.79 Å². The van der Waals surface area contributed by atoms with Gasteiger partial charge < -0.3 is 14.6 Å². The first-order valence-corrected chi connectivity index (χ1v) is 9.15.